The van der Waals surface area contributed by atoms with E-state index in [2.05, 4.69) is 26.0 Å². The third-order valence-electron chi connectivity index (χ3n) is 6.56. The van der Waals surface area contributed by atoms with Crippen molar-refractivity contribution in [1.82, 2.24) is 0 Å². The summed E-state index contributed by atoms with van der Waals surface area (Å²) in [6.07, 6.45) is 12.0. The largest absolute Gasteiger partial charge is 0.490 e. The maximum atomic E-state index is 14.7. The zero-order valence-electron chi connectivity index (χ0n) is 18.6. The Morgan fingerprint density at radius 3 is 2.17 bits per heavy atom. The molecule has 3 heteroatoms. The van der Waals surface area contributed by atoms with E-state index in [0.29, 0.717) is 23.7 Å². The lowest BCUT2D eigenvalue weighted by atomic mass is 9.77. The van der Waals surface area contributed by atoms with Crippen LogP contribution in [0.3, 0.4) is 0 Å². The molecule has 0 bridgehead atoms. The molecule has 0 atom stereocenters. The summed E-state index contributed by atoms with van der Waals surface area (Å²) in [4.78, 5) is 0. The Kier molecular flexibility index (Phi) is 8.72. The summed E-state index contributed by atoms with van der Waals surface area (Å²) in [6.45, 7) is 4.77. The van der Waals surface area contributed by atoms with Crippen LogP contribution >= 0.6 is 0 Å². The standard InChI is InChI=1S/C27H36F2O/c1-3-5-7-19-30-25-18-17-24(26(28)27(25)29)23-15-13-22(14-16-23)21-11-9-20(10-12-21)8-6-4-2/h13-18,20-21H,3-12,19H2,1-2H3. The predicted octanol–water partition coefficient (Wildman–Crippen LogP) is 8.66. The molecule has 3 rings (SSSR count). The smallest absolute Gasteiger partial charge is 0.201 e. The molecular formula is C27H36F2O. The van der Waals surface area contributed by atoms with Crippen LogP contribution in [-0.4, -0.2) is 6.61 Å². The normalized spacial score (nSPS) is 19.1. The number of unbranched alkanes of at least 4 members (excludes halogenated alkanes) is 3. The van der Waals surface area contributed by atoms with Gasteiger partial charge in [0.15, 0.2) is 11.6 Å². The molecule has 0 heterocycles. The Morgan fingerprint density at radius 1 is 0.800 bits per heavy atom. The minimum Gasteiger partial charge on any atom is -0.490 e. The third kappa shape index (κ3) is 5.83. The first-order valence-electron chi connectivity index (χ1n) is 11.8. The Bertz CT molecular complexity index is 776. The van der Waals surface area contributed by atoms with Crippen molar-refractivity contribution in [3.05, 3.63) is 53.6 Å². The van der Waals surface area contributed by atoms with Crippen LogP contribution in [0.4, 0.5) is 8.78 Å². The number of benzene rings is 2. The van der Waals surface area contributed by atoms with Gasteiger partial charge in [0.25, 0.3) is 0 Å². The summed E-state index contributed by atoms with van der Waals surface area (Å²) in [7, 11) is 0. The highest BCUT2D eigenvalue weighted by Gasteiger charge is 2.22. The van der Waals surface area contributed by atoms with Gasteiger partial charge in [-0.05, 0) is 67.2 Å². The highest BCUT2D eigenvalue weighted by atomic mass is 19.2. The molecule has 1 saturated carbocycles. The van der Waals surface area contributed by atoms with E-state index in [9.17, 15) is 8.78 Å². The van der Waals surface area contributed by atoms with E-state index in [-0.39, 0.29) is 5.75 Å². The van der Waals surface area contributed by atoms with Crippen molar-refractivity contribution >= 4 is 0 Å². The molecule has 0 amide bonds. The van der Waals surface area contributed by atoms with E-state index in [0.717, 1.165) is 25.2 Å². The van der Waals surface area contributed by atoms with Gasteiger partial charge in [-0.2, -0.15) is 4.39 Å². The second-order valence-electron chi connectivity index (χ2n) is 8.78. The first-order valence-corrected chi connectivity index (χ1v) is 11.8. The highest BCUT2D eigenvalue weighted by Crippen LogP contribution is 2.38. The van der Waals surface area contributed by atoms with E-state index in [1.165, 1.54) is 50.5 Å². The number of rotatable bonds is 10. The van der Waals surface area contributed by atoms with E-state index < -0.39 is 11.6 Å². The van der Waals surface area contributed by atoms with E-state index in [4.69, 9.17) is 4.74 Å². The lowest BCUT2D eigenvalue weighted by molar-refractivity contribution is 0.286. The highest BCUT2D eigenvalue weighted by molar-refractivity contribution is 5.65. The molecule has 0 unspecified atom stereocenters. The van der Waals surface area contributed by atoms with Crippen LogP contribution in [0.15, 0.2) is 36.4 Å². The summed E-state index contributed by atoms with van der Waals surface area (Å²) in [5.74, 6) is -0.230. The fraction of sp³-hybridized carbons (Fsp3) is 0.556. The van der Waals surface area contributed by atoms with Crippen molar-refractivity contribution < 1.29 is 13.5 Å². The number of ether oxygens (including phenoxy) is 1. The van der Waals surface area contributed by atoms with Crippen molar-refractivity contribution in [1.29, 1.82) is 0 Å². The number of hydrogen-bond acceptors (Lipinski definition) is 1. The van der Waals surface area contributed by atoms with Crippen LogP contribution in [0.2, 0.25) is 0 Å². The summed E-state index contributed by atoms with van der Waals surface area (Å²) >= 11 is 0. The molecule has 2 aromatic carbocycles. The summed E-state index contributed by atoms with van der Waals surface area (Å²) in [6, 6.07) is 11.2. The van der Waals surface area contributed by atoms with Gasteiger partial charge in [0.1, 0.15) is 0 Å². The van der Waals surface area contributed by atoms with Crippen molar-refractivity contribution in [2.24, 2.45) is 5.92 Å². The molecule has 1 nitrogen and oxygen atoms in total. The molecule has 0 saturated heterocycles. The first-order chi connectivity index (χ1) is 14.6. The SMILES string of the molecule is CCCCCOc1ccc(-c2ccc(C3CCC(CCCC)CC3)cc2)c(F)c1F. The lowest BCUT2D eigenvalue weighted by Gasteiger charge is -2.29. The van der Waals surface area contributed by atoms with E-state index >= 15 is 0 Å². The van der Waals surface area contributed by atoms with Crippen LogP contribution in [0.1, 0.15) is 89.5 Å². The Balaban J connectivity index is 1.63. The van der Waals surface area contributed by atoms with Crippen molar-refractivity contribution in [2.75, 3.05) is 6.61 Å². The third-order valence-corrected chi connectivity index (χ3v) is 6.56. The quantitative estimate of drug-likeness (QED) is 0.353. The molecule has 0 aliphatic heterocycles. The fourth-order valence-corrected chi connectivity index (χ4v) is 4.61. The first kappa shape index (κ1) is 22.8. The van der Waals surface area contributed by atoms with E-state index in [1.807, 2.05) is 12.1 Å². The summed E-state index contributed by atoms with van der Waals surface area (Å²) in [5, 5.41) is 0. The second kappa shape index (κ2) is 11.5. The molecule has 0 radical (unpaired) electrons. The molecule has 0 N–H and O–H groups in total. The van der Waals surface area contributed by atoms with Crippen molar-refractivity contribution in [2.45, 2.75) is 84.0 Å². The summed E-state index contributed by atoms with van der Waals surface area (Å²) < 4.78 is 34.5. The minimum absolute atomic E-state index is 0.00352. The van der Waals surface area contributed by atoms with Crippen molar-refractivity contribution in [3.63, 3.8) is 0 Å². The topological polar surface area (TPSA) is 9.23 Å². The van der Waals surface area contributed by atoms with Gasteiger partial charge in [-0.1, -0.05) is 70.2 Å². The molecule has 164 valence electrons. The van der Waals surface area contributed by atoms with Gasteiger partial charge in [-0.3, -0.25) is 0 Å². The van der Waals surface area contributed by atoms with Crippen LogP contribution in [-0.2, 0) is 0 Å². The van der Waals surface area contributed by atoms with Crippen LogP contribution in [0, 0.1) is 17.6 Å². The predicted molar refractivity (Wildman–Crippen MR) is 121 cm³/mol. The molecule has 2 aromatic rings. The zero-order chi connectivity index (χ0) is 21.3. The van der Waals surface area contributed by atoms with Gasteiger partial charge in [0.05, 0.1) is 6.61 Å². The maximum Gasteiger partial charge on any atom is 0.201 e. The van der Waals surface area contributed by atoms with Gasteiger partial charge in [0.2, 0.25) is 5.82 Å². The Morgan fingerprint density at radius 2 is 1.50 bits per heavy atom. The number of halogens is 2. The lowest BCUT2D eigenvalue weighted by Crippen LogP contribution is -2.13. The zero-order valence-corrected chi connectivity index (χ0v) is 18.6. The Labute approximate surface area is 180 Å². The average molecular weight is 415 g/mol. The fourth-order valence-electron chi connectivity index (χ4n) is 4.61. The molecule has 30 heavy (non-hydrogen) atoms. The average Bonchev–Trinajstić information content (AvgIpc) is 2.78. The monoisotopic (exact) mass is 414 g/mol. The van der Waals surface area contributed by atoms with Gasteiger partial charge >= 0.3 is 0 Å². The molecule has 1 aliphatic rings. The number of hydrogen-bond donors (Lipinski definition) is 0. The van der Waals surface area contributed by atoms with E-state index in [1.54, 1.807) is 12.1 Å². The molecular weight excluding hydrogens is 378 g/mol. The van der Waals surface area contributed by atoms with Crippen molar-refractivity contribution in [3.8, 4) is 16.9 Å². The molecule has 1 aliphatic carbocycles. The minimum atomic E-state index is -0.890. The molecule has 0 spiro atoms. The second-order valence-corrected chi connectivity index (χ2v) is 8.78. The van der Waals surface area contributed by atoms with Crippen LogP contribution in [0.25, 0.3) is 11.1 Å². The summed E-state index contributed by atoms with van der Waals surface area (Å²) in [5.41, 5.74) is 2.33. The molecule has 0 aromatic heterocycles. The van der Waals surface area contributed by atoms with Gasteiger partial charge in [0, 0.05) is 5.56 Å². The van der Waals surface area contributed by atoms with Gasteiger partial charge in [-0.15, -0.1) is 0 Å². The molecule has 1 fully saturated rings. The van der Waals surface area contributed by atoms with Crippen LogP contribution < -0.4 is 4.74 Å². The van der Waals surface area contributed by atoms with Gasteiger partial charge in [-0.25, -0.2) is 4.39 Å². The van der Waals surface area contributed by atoms with Crippen LogP contribution in [0.5, 0.6) is 5.75 Å². The van der Waals surface area contributed by atoms with Gasteiger partial charge < -0.3 is 4.74 Å². The Hall–Kier alpha value is -1.90. The maximum absolute atomic E-state index is 14.7.